The maximum atomic E-state index is 14.1. The first-order valence-corrected chi connectivity index (χ1v) is 23.7. The van der Waals surface area contributed by atoms with Crippen molar-refractivity contribution in [3.05, 3.63) is 90.5 Å². The molecule has 20 heteroatoms. The summed E-state index contributed by atoms with van der Waals surface area (Å²) < 4.78 is 161. The van der Waals surface area contributed by atoms with Gasteiger partial charge in [0, 0.05) is 20.0 Å². The molecule has 52 heavy (non-hydrogen) atoms. The molecular weight excluding hydrogens is 799 g/mol. The molecule has 0 amide bonds. The first kappa shape index (κ1) is 41.3. The van der Waals surface area contributed by atoms with Crippen LogP contribution in [0.3, 0.4) is 0 Å². The summed E-state index contributed by atoms with van der Waals surface area (Å²) in [4.78, 5) is -4.90. The van der Waals surface area contributed by atoms with Crippen molar-refractivity contribution in [2.45, 2.75) is 89.0 Å². The summed E-state index contributed by atoms with van der Waals surface area (Å²) >= 11 is 0. The van der Waals surface area contributed by atoms with E-state index in [1.165, 1.54) is 34.6 Å². The molecule has 4 rings (SSSR count). The Morgan fingerprint density at radius 3 is 1.23 bits per heavy atom. The van der Waals surface area contributed by atoms with Crippen LogP contribution in [-0.4, -0.2) is 66.0 Å². The molecular formula is C32H35NO13S6. The molecule has 282 valence electrons. The van der Waals surface area contributed by atoms with Crippen LogP contribution < -0.4 is 5.73 Å². The Morgan fingerprint density at radius 1 is 0.481 bits per heavy atom. The summed E-state index contributed by atoms with van der Waals surface area (Å²) in [5.41, 5.74) is 4.52. The van der Waals surface area contributed by atoms with Gasteiger partial charge in [-0.2, -0.15) is 16.8 Å². The second kappa shape index (κ2) is 13.1. The summed E-state index contributed by atoms with van der Waals surface area (Å²) in [5.74, 6) is 3.60. The van der Waals surface area contributed by atoms with Gasteiger partial charge in [-0.05, 0) is 125 Å². The Balaban J connectivity index is 1.77. The molecule has 1 atom stereocenters. The number of rotatable bonds is 10. The normalized spacial score (nSPS) is 14.8. The number of hydrogen-bond acceptors (Lipinski definition) is 12. The van der Waals surface area contributed by atoms with Gasteiger partial charge in [0.1, 0.15) is 9.79 Å². The molecule has 0 fully saturated rings. The standard InChI is InChI=1S/C32H35NO13S6/c1-31(2,3)50(39,40)24-13-11-23(12-14-24)48(35,36)22-9-7-21(8-10-22)47(6,34)28-18-16-26(20-30(28)52(44,45)46)49(37,38)25-15-17-27(32(4,5)33)29(19-25)51(41,42)43/h7-20H,6,33H2,1-5H3,(H,41,42,43)(H,44,45,46). The van der Waals surface area contributed by atoms with E-state index in [1.54, 1.807) is 0 Å². The van der Waals surface area contributed by atoms with Gasteiger partial charge in [0.25, 0.3) is 20.2 Å². The highest BCUT2D eigenvalue weighted by Crippen LogP contribution is 2.35. The van der Waals surface area contributed by atoms with E-state index in [0.29, 0.717) is 12.1 Å². The van der Waals surface area contributed by atoms with E-state index in [4.69, 9.17) is 5.73 Å². The van der Waals surface area contributed by atoms with Crippen LogP contribution in [0.2, 0.25) is 0 Å². The van der Waals surface area contributed by atoms with E-state index in [-0.39, 0.29) is 25.1 Å². The minimum atomic E-state index is -5.31. The molecule has 0 heterocycles. The number of nitrogens with two attached hydrogens (primary N) is 1. The molecule has 1 unspecified atom stereocenters. The maximum Gasteiger partial charge on any atom is 0.295 e. The quantitative estimate of drug-likeness (QED) is 0.152. The first-order chi connectivity index (χ1) is 23.3. The Bertz CT molecular complexity index is 2760. The summed E-state index contributed by atoms with van der Waals surface area (Å²) in [7, 11) is -27.0. The number of hydrogen-bond donors (Lipinski definition) is 3. The first-order valence-electron chi connectivity index (χ1n) is 14.7. The van der Waals surface area contributed by atoms with Gasteiger partial charge in [-0.25, -0.2) is 25.3 Å². The van der Waals surface area contributed by atoms with Crippen LogP contribution in [0.25, 0.3) is 0 Å². The Morgan fingerprint density at radius 2 is 0.827 bits per heavy atom. The molecule has 0 aliphatic heterocycles. The zero-order valence-corrected chi connectivity index (χ0v) is 33.1. The number of sulfone groups is 3. The molecule has 0 spiro atoms. The van der Waals surface area contributed by atoms with E-state index in [0.717, 1.165) is 72.8 Å². The van der Waals surface area contributed by atoms with Gasteiger partial charge in [-0.15, -0.1) is 0 Å². The summed E-state index contributed by atoms with van der Waals surface area (Å²) in [6.45, 7) is 7.32. The molecule has 4 N–H and O–H groups in total. The van der Waals surface area contributed by atoms with Crippen LogP contribution >= 0.6 is 0 Å². The smallest absolute Gasteiger partial charge is 0.295 e. The SMILES string of the molecule is C=S(=O)(c1ccc(S(=O)(=O)c2ccc(S(=O)(=O)C(C)(C)C)cc2)cc1)c1ccc(S(=O)(=O)c2ccc(C(C)(C)N)c(S(=O)(=O)O)c2)cc1S(=O)(=O)O. The Labute approximate surface area is 304 Å². The van der Waals surface area contributed by atoms with E-state index in [9.17, 15) is 55.4 Å². The molecule has 0 saturated carbocycles. The zero-order valence-electron chi connectivity index (χ0n) is 28.2. The van der Waals surface area contributed by atoms with Crippen molar-refractivity contribution in [1.29, 1.82) is 0 Å². The highest BCUT2D eigenvalue weighted by atomic mass is 32.2. The van der Waals surface area contributed by atoms with Crippen LogP contribution in [0, 0.1) is 0 Å². The summed E-state index contributed by atoms with van der Waals surface area (Å²) in [5, 5.41) is 0. The van der Waals surface area contributed by atoms with Gasteiger partial charge >= 0.3 is 0 Å². The minimum Gasteiger partial charge on any atom is -0.322 e. The Kier molecular flexibility index (Phi) is 10.4. The Hall–Kier alpha value is -3.47. The van der Waals surface area contributed by atoms with Crippen molar-refractivity contribution in [3.8, 4) is 0 Å². The van der Waals surface area contributed by atoms with Crippen LogP contribution in [-0.2, 0) is 64.8 Å². The second-order valence-corrected chi connectivity index (χ2v) is 24.8. The van der Waals surface area contributed by atoms with Crippen LogP contribution in [0.5, 0.6) is 0 Å². The lowest BCUT2D eigenvalue weighted by molar-refractivity contribution is 0.472. The van der Waals surface area contributed by atoms with Crippen molar-refractivity contribution >= 4 is 65.1 Å². The largest absolute Gasteiger partial charge is 0.322 e. The highest BCUT2D eigenvalue weighted by molar-refractivity contribution is 8.01. The fraction of sp³-hybridized carbons (Fsp3) is 0.219. The maximum absolute atomic E-state index is 14.1. The minimum absolute atomic E-state index is 0.0871. The average molecular weight is 834 g/mol. The van der Waals surface area contributed by atoms with E-state index in [2.05, 4.69) is 5.87 Å². The van der Waals surface area contributed by atoms with Crippen molar-refractivity contribution in [2.75, 3.05) is 0 Å². The van der Waals surface area contributed by atoms with E-state index in [1.807, 2.05) is 0 Å². The third-order valence-corrected chi connectivity index (χ3v) is 17.9. The van der Waals surface area contributed by atoms with Gasteiger partial charge < -0.3 is 5.73 Å². The van der Waals surface area contributed by atoms with Crippen molar-refractivity contribution < 1.29 is 55.4 Å². The molecule has 0 bridgehead atoms. The summed E-state index contributed by atoms with van der Waals surface area (Å²) in [6.07, 6.45) is 0. The van der Waals surface area contributed by atoms with E-state index < -0.39 is 94.0 Å². The molecule has 4 aromatic rings. The predicted molar refractivity (Wildman–Crippen MR) is 192 cm³/mol. The second-order valence-electron chi connectivity index (χ2n) is 13.2. The lowest BCUT2D eigenvalue weighted by atomic mass is 9.96. The van der Waals surface area contributed by atoms with Gasteiger partial charge in [-0.1, -0.05) is 6.07 Å². The lowest BCUT2D eigenvalue weighted by Crippen LogP contribution is -2.31. The van der Waals surface area contributed by atoms with Crippen LogP contribution in [0.1, 0.15) is 40.2 Å². The monoisotopic (exact) mass is 833 g/mol. The molecule has 4 aromatic carbocycles. The lowest BCUT2D eigenvalue weighted by Gasteiger charge is -2.22. The van der Waals surface area contributed by atoms with Gasteiger partial charge in [0.15, 0.2) is 9.84 Å². The molecule has 0 saturated heterocycles. The van der Waals surface area contributed by atoms with Crippen LogP contribution in [0.4, 0.5) is 0 Å². The molecule has 0 aromatic heterocycles. The average Bonchev–Trinajstić information content (AvgIpc) is 3.02. The topological polar surface area (TPSA) is 254 Å². The van der Waals surface area contributed by atoms with Crippen LogP contribution in [0.15, 0.2) is 129 Å². The zero-order chi connectivity index (χ0) is 39.7. The molecule has 14 nitrogen and oxygen atoms in total. The fourth-order valence-corrected chi connectivity index (χ4v) is 12.6. The fourth-order valence-electron chi connectivity index (χ4n) is 4.93. The van der Waals surface area contributed by atoms with Crippen molar-refractivity contribution in [2.24, 2.45) is 5.73 Å². The number of benzene rings is 4. The molecule has 0 aliphatic rings. The van der Waals surface area contributed by atoms with Crippen molar-refractivity contribution in [1.82, 2.24) is 0 Å². The third-order valence-electron chi connectivity index (χ3n) is 7.86. The van der Waals surface area contributed by atoms with E-state index >= 15 is 0 Å². The van der Waals surface area contributed by atoms with Crippen molar-refractivity contribution in [3.63, 3.8) is 0 Å². The van der Waals surface area contributed by atoms with Gasteiger partial charge in [-0.3, -0.25) is 13.3 Å². The highest BCUT2D eigenvalue weighted by Gasteiger charge is 2.33. The van der Waals surface area contributed by atoms with Gasteiger partial charge in [0.05, 0.1) is 34.1 Å². The molecule has 0 radical (unpaired) electrons. The third kappa shape index (κ3) is 7.75. The molecule has 0 aliphatic carbocycles. The summed E-state index contributed by atoms with van der Waals surface area (Å²) in [6, 6.07) is 13.7. The van der Waals surface area contributed by atoms with Gasteiger partial charge in [0.2, 0.25) is 19.7 Å². The predicted octanol–water partition coefficient (Wildman–Crippen LogP) is 3.75.